The van der Waals surface area contributed by atoms with Crippen molar-refractivity contribution in [3.63, 3.8) is 0 Å². The fourth-order valence-corrected chi connectivity index (χ4v) is 0.613. The molecule has 0 radical (unpaired) electrons. The maximum atomic E-state index is 10.6. The van der Waals surface area contributed by atoms with Crippen LogP contribution in [0.4, 0.5) is 0 Å². The largest absolute Gasteiger partial charge is 0.550 e. The Hall–Kier alpha value is -1.63. The van der Waals surface area contributed by atoms with Gasteiger partial charge in [-0.2, -0.15) is 0 Å². The number of nitrogens with two attached hydrogens (primary N) is 1. The van der Waals surface area contributed by atoms with E-state index >= 15 is 0 Å². The molecule has 7 nitrogen and oxygen atoms in total. The van der Waals surface area contributed by atoms with Gasteiger partial charge in [-0.3, -0.25) is 4.79 Å². The highest BCUT2D eigenvalue weighted by molar-refractivity contribution is 5.86. The van der Waals surface area contributed by atoms with E-state index in [0.29, 0.717) is 0 Å². The molecule has 0 heterocycles. The highest BCUT2D eigenvalue weighted by atomic mass is 16.4. The van der Waals surface area contributed by atoms with E-state index in [4.69, 9.17) is 5.73 Å². The summed E-state index contributed by atoms with van der Waals surface area (Å²) in [4.78, 5) is 30.8. The summed E-state index contributed by atoms with van der Waals surface area (Å²) in [5, 5.41) is 22.1. The minimum absolute atomic E-state index is 0.420. The van der Waals surface area contributed by atoms with Crippen molar-refractivity contribution in [2.24, 2.45) is 5.73 Å². The molecule has 0 aliphatic carbocycles. The molecule has 0 fully saturated rings. The third-order valence-corrected chi connectivity index (χ3v) is 1.18. The Morgan fingerprint density at radius 2 is 1.85 bits per heavy atom. The fraction of sp³-hybridized carbons (Fsp3) is 0.500. The molecule has 0 aliphatic rings. The molecule has 0 aromatic heterocycles. The van der Waals surface area contributed by atoms with Crippen LogP contribution >= 0.6 is 0 Å². The predicted molar refractivity (Wildman–Crippen MR) is 35.6 cm³/mol. The normalized spacial score (nSPS) is 11.8. The van der Waals surface area contributed by atoms with Crippen LogP contribution in [0.25, 0.3) is 0 Å². The molecule has 0 saturated heterocycles. The molecule has 74 valence electrons. The minimum Gasteiger partial charge on any atom is -0.550 e. The summed E-state index contributed by atoms with van der Waals surface area (Å²) in [6, 6.07) is -1.60. The van der Waals surface area contributed by atoms with Crippen molar-refractivity contribution in [2.75, 3.05) is 6.54 Å². The molecule has 0 aliphatic heterocycles. The molecule has 0 spiro atoms. The highest BCUT2D eigenvalue weighted by Crippen LogP contribution is 1.88. The molecule has 1 amide bonds. The second-order valence-corrected chi connectivity index (χ2v) is 2.22. The van der Waals surface area contributed by atoms with Gasteiger partial charge >= 0.3 is 0 Å². The smallest absolute Gasteiger partial charge is 0.234 e. The second-order valence-electron chi connectivity index (χ2n) is 2.22. The fourth-order valence-electron chi connectivity index (χ4n) is 0.613. The Morgan fingerprint density at radius 3 is 2.15 bits per heavy atom. The first kappa shape index (κ1) is 11.4. The molecule has 0 aromatic carbocycles. The SMILES string of the molecule is NCC(=O)NC(CC(=O)[O-])C(=O)[O-]. The Kier molecular flexibility index (Phi) is 4.45. The molecular formula is C6H8N2O5-2. The molecule has 13 heavy (non-hydrogen) atoms. The summed E-state index contributed by atoms with van der Waals surface area (Å²) in [5.41, 5.74) is 4.86. The maximum absolute atomic E-state index is 10.6. The van der Waals surface area contributed by atoms with Gasteiger partial charge in [0.05, 0.1) is 18.6 Å². The summed E-state index contributed by atoms with van der Waals surface area (Å²) in [6.07, 6.45) is -0.839. The van der Waals surface area contributed by atoms with Gasteiger partial charge in [-0.25, -0.2) is 0 Å². The van der Waals surface area contributed by atoms with Gasteiger partial charge in [-0.05, 0) is 0 Å². The summed E-state index contributed by atoms with van der Waals surface area (Å²) in [6.45, 7) is -0.420. The first-order chi connectivity index (χ1) is 5.97. The van der Waals surface area contributed by atoms with Crippen molar-refractivity contribution in [1.29, 1.82) is 0 Å². The van der Waals surface area contributed by atoms with E-state index in [1.165, 1.54) is 0 Å². The molecular weight excluding hydrogens is 180 g/mol. The summed E-state index contributed by atoms with van der Waals surface area (Å²) < 4.78 is 0. The van der Waals surface area contributed by atoms with Gasteiger partial charge in [0.2, 0.25) is 5.91 Å². The molecule has 1 unspecified atom stereocenters. The topological polar surface area (TPSA) is 135 Å². The van der Waals surface area contributed by atoms with Gasteiger partial charge in [0.15, 0.2) is 0 Å². The Morgan fingerprint density at radius 1 is 1.31 bits per heavy atom. The third-order valence-electron chi connectivity index (χ3n) is 1.18. The van der Waals surface area contributed by atoms with E-state index in [1.54, 1.807) is 0 Å². The van der Waals surface area contributed by atoms with Crippen molar-refractivity contribution in [3.8, 4) is 0 Å². The molecule has 3 N–H and O–H groups in total. The number of nitrogens with one attached hydrogen (secondary N) is 1. The van der Waals surface area contributed by atoms with Gasteiger partial charge in [-0.1, -0.05) is 0 Å². The molecule has 0 bridgehead atoms. The lowest BCUT2D eigenvalue weighted by Crippen LogP contribution is -2.51. The number of carbonyl (C=O) groups is 3. The highest BCUT2D eigenvalue weighted by Gasteiger charge is 2.12. The number of hydrogen-bond donors (Lipinski definition) is 2. The average Bonchev–Trinajstić information content (AvgIpc) is 2.02. The number of carbonyl (C=O) groups excluding carboxylic acids is 3. The number of amides is 1. The van der Waals surface area contributed by atoms with Gasteiger partial charge < -0.3 is 30.9 Å². The van der Waals surface area contributed by atoms with Crippen LogP contribution in [0.2, 0.25) is 0 Å². The van der Waals surface area contributed by atoms with Crippen LogP contribution in [-0.4, -0.2) is 30.4 Å². The standard InChI is InChI=1S/C6H10N2O5/c7-2-4(9)8-3(6(12)13)1-5(10)11/h3H,1-2,7H2,(H,8,9)(H,10,11)(H,12,13)/p-2. The maximum Gasteiger partial charge on any atom is 0.234 e. The van der Waals surface area contributed by atoms with E-state index in [-0.39, 0.29) is 0 Å². The molecule has 0 saturated carbocycles. The number of aliphatic carboxylic acids is 2. The van der Waals surface area contributed by atoms with Gasteiger partial charge in [-0.15, -0.1) is 0 Å². The van der Waals surface area contributed by atoms with Crippen molar-refractivity contribution in [2.45, 2.75) is 12.5 Å². The van der Waals surface area contributed by atoms with Crippen LogP contribution in [0.3, 0.4) is 0 Å². The van der Waals surface area contributed by atoms with E-state index in [2.05, 4.69) is 0 Å². The van der Waals surface area contributed by atoms with Crippen LogP contribution < -0.4 is 21.3 Å². The quantitative estimate of drug-likeness (QED) is 0.445. The first-order valence-electron chi connectivity index (χ1n) is 3.37. The molecule has 0 aromatic rings. The van der Waals surface area contributed by atoms with Crippen LogP contribution in [-0.2, 0) is 14.4 Å². The molecule has 0 rings (SSSR count). The Labute approximate surface area is 73.5 Å². The lowest BCUT2D eigenvalue weighted by atomic mass is 10.2. The molecule has 7 heteroatoms. The van der Waals surface area contributed by atoms with E-state index in [1.807, 2.05) is 5.32 Å². The summed E-state index contributed by atoms with van der Waals surface area (Å²) in [7, 11) is 0. The predicted octanol–water partition coefficient (Wildman–Crippen LogP) is -4.68. The van der Waals surface area contributed by atoms with Crippen molar-refractivity contribution in [3.05, 3.63) is 0 Å². The number of hydrogen-bond acceptors (Lipinski definition) is 6. The number of rotatable bonds is 5. The monoisotopic (exact) mass is 188 g/mol. The van der Waals surface area contributed by atoms with Crippen molar-refractivity contribution in [1.82, 2.24) is 5.32 Å². The van der Waals surface area contributed by atoms with Crippen LogP contribution in [0.5, 0.6) is 0 Å². The van der Waals surface area contributed by atoms with Crippen molar-refractivity contribution >= 4 is 17.8 Å². The lowest BCUT2D eigenvalue weighted by Gasteiger charge is -2.19. The zero-order valence-electron chi connectivity index (χ0n) is 6.61. The van der Waals surface area contributed by atoms with Crippen LogP contribution in [0.1, 0.15) is 6.42 Å². The second kappa shape index (κ2) is 5.09. The van der Waals surface area contributed by atoms with Crippen LogP contribution in [0, 0.1) is 0 Å². The van der Waals surface area contributed by atoms with Gasteiger partial charge in [0.1, 0.15) is 0 Å². The summed E-state index contributed by atoms with van der Waals surface area (Å²) >= 11 is 0. The first-order valence-corrected chi connectivity index (χ1v) is 3.37. The zero-order valence-corrected chi connectivity index (χ0v) is 6.61. The number of carboxylic acid groups (broad SMARTS) is 2. The number of carboxylic acids is 2. The Balaban J connectivity index is 4.18. The van der Waals surface area contributed by atoms with E-state index in [0.717, 1.165) is 0 Å². The van der Waals surface area contributed by atoms with Gasteiger partial charge in [0.25, 0.3) is 0 Å². The molecule has 1 atom stereocenters. The van der Waals surface area contributed by atoms with E-state index < -0.39 is 36.9 Å². The average molecular weight is 188 g/mol. The lowest BCUT2D eigenvalue weighted by molar-refractivity contribution is -0.317. The van der Waals surface area contributed by atoms with Crippen LogP contribution in [0.15, 0.2) is 0 Å². The summed E-state index contributed by atoms with van der Waals surface area (Å²) in [5.74, 6) is -4.05. The zero-order chi connectivity index (χ0) is 10.4. The van der Waals surface area contributed by atoms with Crippen molar-refractivity contribution < 1.29 is 24.6 Å². The Bertz CT molecular complexity index is 227. The van der Waals surface area contributed by atoms with Gasteiger partial charge in [0, 0.05) is 12.4 Å². The van der Waals surface area contributed by atoms with E-state index in [9.17, 15) is 24.6 Å². The minimum atomic E-state index is -1.69. The third kappa shape index (κ3) is 4.75.